The van der Waals surface area contributed by atoms with Gasteiger partial charge in [-0.2, -0.15) is 0 Å². The van der Waals surface area contributed by atoms with Gasteiger partial charge in [0.1, 0.15) is 5.83 Å². The van der Waals surface area contributed by atoms with E-state index in [1.165, 1.54) is 6.08 Å². The third-order valence-electron chi connectivity index (χ3n) is 2.65. The number of halogens is 2. The maximum absolute atomic E-state index is 13.0. The first-order chi connectivity index (χ1) is 8.72. The molecule has 1 aliphatic rings. The first-order valence-electron chi connectivity index (χ1n) is 5.41. The van der Waals surface area contributed by atoms with Crippen molar-refractivity contribution in [1.29, 1.82) is 0 Å². The van der Waals surface area contributed by atoms with Crippen molar-refractivity contribution in [3.63, 3.8) is 0 Å². The van der Waals surface area contributed by atoms with Crippen molar-refractivity contribution in [2.24, 2.45) is 0 Å². The maximum Gasteiger partial charge on any atom is 0.319 e. The van der Waals surface area contributed by atoms with Crippen molar-refractivity contribution in [2.45, 2.75) is 0 Å². The molecule has 0 amide bonds. The second kappa shape index (κ2) is 4.53. The molecule has 0 N–H and O–H groups in total. The van der Waals surface area contributed by atoms with Gasteiger partial charge in [0.25, 0.3) is 0 Å². The van der Waals surface area contributed by atoms with Gasteiger partial charge in [0.2, 0.25) is 5.89 Å². The lowest BCUT2D eigenvalue weighted by Crippen LogP contribution is -2.19. The number of hydrogen-bond acceptors (Lipinski definition) is 4. The normalized spacial score (nSPS) is 15.0. The molecule has 0 saturated heterocycles. The molecule has 0 radical (unpaired) electrons. The van der Waals surface area contributed by atoms with E-state index in [0.717, 1.165) is 10.0 Å². The van der Waals surface area contributed by atoms with E-state index in [4.69, 9.17) is 4.42 Å². The van der Waals surface area contributed by atoms with Gasteiger partial charge in [0.05, 0.1) is 6.54 Å². The zero-order chi connectivity index (χ0) is 12.5. The molecule has 1 aromatic carbocycles. The molecule has 0 atom stereocenters. The SMILES string of the molecule is FC1=CCN(c2nnc(-c3ccc(Br)cc3)o2)C1. The van der Waals surface area contributed by atoms with Crippen LogP contribution in [0, 0.1) is 0 Å². The molecule has 2 aromatic rings. The van der Waals surface area contributed by atoms with Crippen LogP contribution in [0.25, 0.3) is 11.5 Å². The van der Waals surface area contributed by atoms with Crippen LogP contribution in [0.15, 0.2) is 45.1 Å². The Hall–Kier alpha value is -1.69. The van der Waals surface area contributed by atoms with E-state index in [0.29, 0.717) is 18.5 Å². The molecule has 1 aromatic heterocycles. The van der Waals surface area contributed by atoms with Gasteiger partial charge < -0.3 is 9.32 Å². The molecular weight excluding hydrogens is 301 g/mol. The molecule has 0 saturated carbocycles. The van der Waals surface area contributed by atoms with Crippen LogP contribution in [0.5, 0.6) is 0 Å². The Morgan fingerprint density at radius 3 is 2.67 bits per heavy atom. The molecule has 6 heteroatoms. The minimum absolute atomic E-state index is 0.168. The quantitative estimate of drug-likeness (QED) is 0.854. The van der Waals surface area contributed by atoms with Gasteiger partial charge in [-0.05, 0) is 30.3 Å². The lowest BCUT2D eigenvalue weighted by atomic mass is 10.2. The number of aromatic nitrogens is 2. The zero-order valence-corrected chi connectivity index (χ0v) is 10.9. The number of nitrogens with zero attached hydrogens (tertiary/aromatic N) is 3. The van der Waals surface area contributed by atoms with Crippen molar-refractivity contribution in [2.75, 3.05) is 18.0 Å². The van der Waals surface area contributed by atoms with E-state index >= 15 is 0 Å². The molecule has 0 spiro atoms. The summed E-state index contributed by atoms with van der Waals surface area (Å²) in [5, 5.41) is 7.90. The van der Waals surface area contributed by atoms with Gasteiger partial charge in [0.15, 0.2) is 0 Å². The Balaban J connectivity index is 1.83. The fraction of sp³-hybridized carbons (Fsp3) is 0.167. The van der Waals surface area contributed by atoms with Crippen molar-refractivity contribution in [3.05, 3.63) is 40.6 Å². The average Bonchev–Trinajstić information content (AvgIpc) is 2.98. The topological polar surface area (TPSA) is 42.2 Å². The maximum atomic E-state index is 13.0. The summed E-state index contributed by atoms with van der Waals surface area (Å²) < 4.78 is 19.5. The predicted molar refractivity (Wildman–Crippen MR) is 68.8 cm³/mol. The predicted octanol–water partition coefficient (Wildman–Crippen LogP) is 3.17. The van der Waals surface area contributed by atoms with Crippen LogP contribution < -0.4 is 4.90 Å². The summed E-state index contributed by atoms with van der Waals surface area (Å²) in [7, 11) is 0. The van der Waals surface area contributed by atoms with Gasteiger partial charge in [-0.25, -0.2) is 4.39 Å². The van der Waals surface area contributed by atoms with Gasteiger partial charge in [-0.3, -0.25) is 0 Å². The van der Waals surface area contributed by atoms with Crippen LogP contribution in [0.1, 0.15) is 0 Å². The second-order valence-electron chi connectivity index (χ2n) is 3.93. The van der Waals surface area contributed by atoms with E-state index < -0.39 is 0 Å². The summed E-state index contributed by atoms with van der Waals surface area (Å²) >= 11 is 3.36. The van der Waals surface area contributed by atoms with Crippen LogP contribution in [0.2, 0.25) is 0 Å². The fourth-order valence-corrected chi connectivity index (χ4v) is 1.98. The molecular formula is C12H9BrFN3O. The molecule has 1 aliphatic heterocycles. The molecule has 0 fully saturated rings. The van der Waals surface area contributed by atoms with Crippen molar-refractivity contribution in [3.8, 4) is 11.5 Å². The fourth-order valence-electron chi connectivity index (χ4n) is 1.72. The molecule has 18 heavy (non-hydrogen) atoms. The minimum Gasteiger partial charge on any atom is -0.403 e. The molecule has 0 unspecified atom stereocenters. The van der Waals surface area contributed by atoms with E-state index in [1.54, 1.807) is 4.90 Å². The Morgan fingerprint density at radius 1 is 1.22 bits per heavy atom. The monoisotopic (exact) mass is 309 g/mol. The Morgan fingerprint density at radius 2 is 2.00 bits per heavy atom. The highest BCUT2D eigenvalue weighted by molar-refractivity contribution is 9.10. The molecule has 4 nitrogen and oxygen atoms in total. The third-order valence-corrected chi connectivity index (χ3v) is 3.18. The Bertz CT molecular complexity index is 594. The van der Waals surface area contributed by atoms with Gasteiger partial charge >= 0.3 is 6.01 Å². The number of rotatable bonds is 2. The van der Waals surface area contributed by atoms with Crippen LogP contribution in [-0.2, 0) is 0 Å². The minimum atomic E-state index is -0.168. The van der Waals surface area contributed by atoms with Crippen molar-refractivity contribution < 1.29 is 8.81 Å². The highest BCUT2D eigenvalue weighted by Gasteiger charge is 2.20. The first-order valence-corrected chi connectivity index (χ1v) is 6.20. The van der Waals surface area contributed by atoms with Crippen LogP contribution in [0.3, 0.4) is 0 Å². The van der Waals surface area contributed by atoms with Crippen LogP contribution in [-0.4, -0.2) is 23.3 Å². The second-order valence-corrected chi connectivity index (χ2v) is 4.84. The lowest BCUT2D eigenvalue weighted by Gasteiger charge is -2.09. The molecule has 2 heterocycles. The summed E-state index contributed by atoms with van der Waals surface area (Å²) in [5.74, 6) is 0.267. The summed E-state index contributed by atoms with van der Waals surface area (Å²) in [4.78, 5) is 1.69. The highest BCUT2D eigenvalue weighted by atomic mass is 79.9. The zero-order valence-electron chi connectivity index (χ0n) is 9.31. The summed E-state index contributed by atoms with van der Waals surface area (Å²) in [6.07, 6.45) is 1.50. The number of hydrogen-bond donors (Lipinski definition) is 0. The third kappa shape index (κ3) is 2.15. The highest BCUT2D eigenvalue weighted by Crippen LogP contribution is 2.25. The van der Waals surface area contributed by atoms with E-state index in [9.17, 15) is 4.39 Å². The van der Waals surface area contributed by atoms with Gasteiger partial charge in [0, 0.05) is 16.6 Å². The Kier molecular flexibility index (Phi) is 2.87. The van der Waals surface area contributed by atoms with Crippen molar-refractivity contribution >= 4 is 21.9 Å². The summed E-state index contributed by atoms with van der Waals surface area (Å²) in [6, 6.07) is 7.90. The first kappa shape index (κ1) is 11.4. The van der Waals surface area contributed by atoms with Crippen molar-refractivity contribution in [1.82, 2.24) is 10.2 Å². The summed E-state index contributed by atoms with van der Waals surface area (Å²) in [5.41, 5.74) is 0.838. The largest absolute Gasteiger partial charge is 0.403 e. The van der Waals surface area contributed by atoms with Crippen LogP contribution in [0.4, 0.5) is 10.4 Å². The van der Waals surface area contributed by atoms with Crippen LogP contribution >= 0.6 is 15.9 Å². The average molecular weight is 310 g/mol. The standard InChI is InChI=1S/C12H9BrFN3O/c13-9-3-1-8(2-4-9)11-15-16-12(18-11)17-6-5-10(14)7-17/h1-5H,6-7H2. The lowest BCUT2D eigenvalue weighted by molar-refractivity contribution is 0.549. The molecule has 3 rings (SSSR count). The van der Waals surface area contributed by atoms with E-state index in [1.807, 2.05) is 24.3 Å². The van der Waals surface area contributed by atoms with Gasteiger partial charge in [-0.1, -0.05) is 21.0 Å². The molecule has 0 aliphatic carbocycles. The smallest absolute Gasteiger partial charge is 0.319 e. The summed E-state index contributed by atoms with van der Waals surface area (Å²) in [6.45, 7) is 0.662. The Labute approximate surface area is 111 Å². The van der Waals surface area contributed by atoms with E-state index in [-0.39, 0.29) is 12.4 Å². The van der Waals surface area contributed by atoms with Gasteiger partial charge in [-0.15, -0.1) is 5.10 Å². The molecule has 92 valence electrons. The number of anilines is 1. The molecule has 0 bridgehead atoms. The number of benzene rings is 1. The van der Waals surface area contributed by atoms with E-state index in [2.05, 4.69) is 26.1 Å².